The van der Waals surface area contributed by atoms with E-state index < -0.39 is 15.9 Å². The molecule has 0 aliphatic carbocycles. The summed E-state index contributed by atoms with van der Waals surface area (Å²) in [5, 5.41) is 6.84. The topological polar surface area (TPSA) is 84.3 Å². The van der Waals surface area contributed by atoms with Crippen molar-refractivity contribution < 1.29 is 13.2 Å². The number of nitrogens with one attached hydrogen (secondary N) is 1. The van der Waals surface area contributed by atoms with Crippen molar-refractivity contribution in [2.75, 3.05) is 18.9 Å². The molecule has 1 N–H and O–H groups in total. The third-order valence-corrected chi connectivity index (χ3v) is 7.22. The van der Waals surface area contributed by atoms with Gasteiger partial charge in [-0.2, -0.15) is 9.40 Å². The number of carbonyl (C=O) groups excluding carboxylic acids is 1. The summed E-state index contributed by atoms with van der Waals surface area (Å²) in [6.45, 7) is 0.332. The number of likely N-dealkylation sites (N-methyl/N-ethyl adjacent to an activating group) is 1. The van der Waals surface area contributed by atoms with Crippen molar-refractivity contribution in [3.8, 4) is 0 Å². The third kappa shape index (κ3) is 4.95. The van der Waals surface area contributed by atoms with Crippen LogP contribution in [0.5, 0.6) is 0 Å². The second-order valence-corrected chi connectivity index (χ2v) is 9.76. The molecule has 7 nitrogen and oxygen atoms in total. The van der Waals surface area contributed by atoms with Crippen LogP contribution < -0.4 is 5.32 Å². The quantitative estimate of drug-likeness (QED) is 0.632. The van der Waals surface area contributed by atoms with E-state index in [0.717, 1.165) is 21.2 Å². The smallest absolute Gasteiger partial charge is 0.252 e. The molecular weight excluding hydrogens is 408 g/mol. The Morgan fingerprint density at radius 2 is 2.00 bits per heavy atom. The monoisotopic (exact) mass is 424 g/mol. The first kappa shape index (κ1) is 19.6. The molecule has 27 heavy (non-hydrogen) atoms. The average Bonchev–Trinajstić information content (AvgIpc) is 3.28. The van der Waals surface area contributed by atoms with Crippen LogP contribution >= 0.6 is 22.9 Å². The molecule has 2 aromatic heterocycles. The molecule has 10 heteroatoms. The van der Waals surface area contributed by atoms with Crippen molar-refractivity contribution in [1.29, 1.82) is 0 Å². The predicted molar refractivity (Wildman–Crippen MR) is 106 cm³/mol. The molecule has 0 saturated carbocycles. The number of amides is 1. The minimum absolute atomic E-state index is 0.103. The van der Waals surface area contributed by atoms with Gasteiger partial charge in [-0.15, -0.1) is 11.3 Å². The van der Waals surface area contributed by atoms with Gasteiger partial charge in [-0.05, 0) is 35.9 Å². The fraction of sp³-hybridized carbons (Fsp3) is 0.176. The molecule has 1 amide bonds. The molecule has 2 heterocycles. The highest BCUT2D eigenvalue weighted by Crippen LogP contribution is 2.27. The Morgan fingerprint density at radius 3 is 2.59 bits per heavy atom. The Labute approximate surface area is 166 Å². The van der Waals surface area contributed by atoms with Crippen LogP contribution in [0.4, 0.5) is 5.69 Å². The lowest BCUT2D eigenvalue weighted by molar-refractivity contribution is -0.116. The van der Waals surface area contributed by atoms with E-state index in [-0.39, 0.29) is 10.8 Å². The van der Waals surface area contributed by atoms with Crippen molar-refractivity contribution in [3.63, 3.8) is 0 Å². The number of aromatic nitrogens is 2. The van der Waals surface area contributed by atoms with Gasteiger partial charge in [-0.25, -0.2) is 8.42 Å². The van der Waals surface area contributed by atoms with Gasteiger partial charge >= 0.3 is 0 Å². The van der Waals surface area contributed by atoms with Crippen molar-refractivity contribution in [1.82, 2.24) is 14.1 Å². The number of benzene rings is 1. The van der Waals surface area contributed by atoms with E-state index in [4.69, 9.17) is 11.6 Å². The van der Waals surface area contributed by atoms with E-state index in [2.05, 4.69) is 10.4 Å². The summed E-state index contributed by atoms with van der Waals surface area (Å²) in [6, 6.07) is 12.1. The molecule has 0 aliphatic heterocycles. The summed E-state index contributed by atoms with van der Waals surface area (Å²) in [6.07, 6.45) is 3.58. The van der Waals surface area contributed by atoms with Gasteiger partial charge in [-0.1, -0.05) is 23.7 Å². The highest BCUT2D eigenvalue weighted by atomic mass is 35.5. The van der Waals surface area contributed by atoms with Gasteiger partial charge in [0, 0.05) is 25.1 Å². The normalized spacial score (nSPS) is 11.7. The van der Waals surface area contributed by atoms with Crippen molar-refractivity contribution in [3.05, 3.63) is 64.8 Å². The van der Waals surface area contributed by atoms with Crippen molar-refractivity contribution in [2.24, 2.45) is 0 Å². The van der Waals surface area contributed by atoms with Crippen LogP contribution in [0.3, 0.4) is 0 Å². The van der Waals surface area contributed by atoms with Crippen LogP contribution in [0.1, 0.15) is 5.56 Å². The maximum absolute atomic E-state index is 12.4. The van der Waals surface area contributed by atoms with Crippen LogP contribution in [-0.2, 0) is 21.4 Å². The molecule has 0 aliphatic rings. The largest absolute Gasteiger partial charge is 0.325 e. The van der Waals surface area contributed by atoms with Crippen LogP contribution in [0.2, 0.25) is 4.34 Å². The maximum Gasteiger partial charge on any atom is 0.252 e. The summed E-state index contributed by atoms with van der Waals surface area (Å²) < 4.78 is 28.1. The Morgan fingerprint density at radius 1 is 1.26 bits per heavy atom. The summed E-state index contributed by atoms with van der Waals surface area (Å²) >= 11 is 6.75. The summed E-state index contributed by atoms with van der Waals surface area (Å²) in [4.78, 5) is 12.2. The lowest BCUT2D eigenvalue weighted by atomic mass is 10.2. The molecule has 142 valence electrons. The maximum atomic E-state index is 12.4. The zero-order valence-corrected chi connectivity index (χ0v) is 16.8. The molecular formula is C17H17ClN4O3S2. The summed E-state index contributed by atoms with van der Waals surface area (Å²) in [5.41, 5.74) is 1.63. The van der Waals surface area contributed by atoms with Gasteiger partial charge in [0.1, 0.15) is 4.21 Å². The number of hydrogen-bond donors (Lipinski definition) is 1. The zero-order valence-electron chi connectivity index (χ0n) is 14.4. The number of halogens is 1. The molecule has 0 radical (unpaired) electrons. The Kier molecular flexibility index (Phi) is 5.95. The molecule has 0 fully saturated rings. The number of thiophene rings is 1. The van der Waals surface area contributed by atoms with Crippen molar-refractivity contribution in [2.45, 2.75) is 10.8 Å². The molecule has 3 aromatic rings. The first-order valence-electron chi connectivity index (χ1n) is 7.92. The number of hydrogen-bond acceptors (Lipinski definition) is 5. The highest BCUT2D eigenvalue weighted by molar-refractivity contribution is 7.91. The molecule has 0 saturated heterocycles. The standard InChI is InChI=1S/C17H17ClN4O3S2/c1-21(27(24,25)17-8-7-15(18)26-17)12-16(23)20-14-5-3-13(4-6-14)11-22-10-2-9-19-22/h2-10H,11-12H2,1H3,(H,20,23). The number of nitrogens with zero attached hydrogens (tertiary/aromatic N) is 3. The van der Waals surface area contributed by atoms with E-state index >= 15 is 0 Å². The molecule has 0 unspecified atom stereocenters. The first-order valence-corrected chi connectivity index (χ1v) is 10.6. The molecule has 3 rings (SSSR count). The average molecular weight is 425 g/mol. The predicted octanol–water partition coefficient (Wildman–Crippen LogP) is 2.91. The van der Waals surface area contributed by atoms with E-state index in [9.17, 15) is 13.2 Å². The second kappa shape index (κ2) is 8.22. The minimum Gasteiger partial charge on any atom is -0.325 e. The fourth-order valence-electron chi connectivity index (χ4n) is 2.35. The number of carbonyl (C=O) groups is 1. The van der Waals surface area contributed by atoms with Crippen LogP contribution in [-0.4, -0.2) is 42.0 Å². The molecule has 0 spiro atoms. The van der Waals surface area contributed by atoms with E-state index in [1.807, 2.05) is 24.4 Å². The van der Waals surface area contributed by atoms with Gasteiger partial charge in [0.25, 0.3) is 10.0 Å². The minimum atomic E-state index is -3.74. The second-order valence-electron chi connectivity index (χ2n) is 5.77. The first-order chi connectivity index (χ1) is 12.8. The lowest BCUT2D eigenvalue weighted by Crippen LogP contribution is -2.34. The number of sulfonamides is 1. The van der Waals surface area contributed by atoms with Gasteiger partial charge in [0.05, 0.1) is 17.4 Å². The molecule has 0 atom stereocenters. The summed E-state index contributed by atoms with van der Waals surface area (Å²) in [7, 11) is -2.39. The van der Waals surface area contributed by atoms with E-state index in [1.54, 1.807) is 23.0 Å². The van der Waals surface area contributed by atoms with Gasteiger partial charge in [0.2, 0.25) is 5.91 Å². The van der Waals surface area contributed by atoms with Gasteiger partial charge in [-0.3, -0.25) is 9.48 Å². The van der Waals surface area contributed by atoms with E-state index in [1.165, 1.54) is 19.2 Å². The van der Waals surface area contributed by atoms with Crippen LogP contribution in [0.25, 0.3) is 0 Å². The van der Waals surface area contributed by atoms with E-state index in [0.29, 0.717) is 16.6 Å². The fourth-order valence-corrected chi connectivity index (χ4v) is 5.17. The number of rotatable bonds is 7. The Balaban J connectivity index is 1.58. The molecule has 1 aromatic carbocycles. The zero-order chi connectivity index (χ0) is 19.4. The SMILES string of the molecule is CN(CC(=O)Nc1ccc(Cn2cccn2)cc1)S(=O)(=O)c1ccc(Cl)s1. The van der Waals surface area contributed by atoms with Gasteiger partial charge < -0.3 is 5.32 Å². The highest BCUT2D eigenvalue weighted by Gasteiger charge is 2.24. The third-order valence-electron chi connectivity index (χ3n) is 3.72. The van der Waals surface area contributed by atoms with Crippen LogP contribution in [0, 0.1) is 0 Å². The van der Waals surface area contributed by atoms with Crippen LogP contribution in [0.15, 0.2) is 59.1 Å². The Hall–Kier alpha value is -2.20. The van der Waals surface area contributed by atoms with Gasteiger partial charge in [0.15, 0.2) is 0 Å². The summed E-state index contributed by atoms with van der Waals surface area (Å²) in [5.74, 6) is -0.427. The lowest BCUT2D eigenvalue weighted by Gasteiger charge is -2.15. The van der Waals surface area contributed by atoms with Crippen molar-refractivity contribution >= 4 is 44.6 Å². The number of anilines is 1. The Bertz CT molecular complexity index is 1010. The molecule has 0 bridgehead atoms.